The van der Waals surface area contributed by atoms with Crippen LogP contribution in [0.25, 0.3) is 83.1 Å². The van der Waals surface area contributed by atoms with Crippen LogP contribution in [0.5, 0.6) is 0 Å². The maximum absolute atomic E-state index is 8.72. The van der Waals surface area contributed by atoms with Crippen LogP contribution in [0.4, 0.5) is 34.1 Å². The lowest BCUT2D eigenvalue weighted by molar-refractivity contribution is 0.569. The first-order valence-electron chi connectivity index (χ1n) is 42.9. The summed E-state index contributed by atoms with van der Waals surface area (Å²) in [5.41, 5.74) is 27.1. The minimum absolute atomic E-state index is 0.178. The molecular weight excluding hydrogens is 1380 g/mol. The summed E-state index contributed by atoms with van der Waals surface area (Å²) in [6, 6.07) is 125. The van der Waals surface area contributed by atoms with E-state index in [-0.39, 0.29) is 32.8 Å². The Bertz CT molecular complexity index is 6330. The van der Waals surface area contributed by atoms with Gasteiger partial charge in [-0.2, -0.15) is 0 Å². The second-order valence-electron chi connectivity index (χ2n) is 35.3. The largest absolute Gasteiger partial charge is 0.311 e. The van der Waals surface area contributed by atoms with Gasteiger partial charge in [-0.15, -0.1) is 0 Å². The van der Waals surface area contributed by atoms with Gasteiger partial charge in [-0.3, -0.25) is 0 Å². The monoisotopic (exact) mass is 1480 g/mol. The fraction of sp³-hybridized carbons (Fsp3) is 0.167. The van der Waals surface area contributed by atoms with Crippen molar-refractivity contribution >= 4 is 108 Å². The maximum atomic E-state index is 8.72. The van der Waals surface area contributed by atoms with Crippen LogP contribution in [0.3, 0.4) is 0 Å². The summed E-state index contributed by atoms with van der Waals surface area (Å²) < 4.78 is 54.5. The molecule has 0 unspecified atom stereocenters. The Hall–Kier alpha value is -12.0. The number of rotatable bonds is 12. The second-order valence-corrected chi connectivity index (χ2v) is 39.1. The zero-order chi connectivity index (χ0) is 83.0. The molecule has 0 atom stereocenters. The summed E-state index contributed by atoms with van der Waals surface area (Å²) in [5.74, 6) is 0. The number of benzene rings is 15. The molecule has 15 aromatic carbocycles. The minimum Gasteiger partial charge on any atom is -0.311 e. The standard InChI is InChI=1S/C108H98BN3Si/c1-71-45-55-97-92(59-71)93-60-72(2)46-56-98(93)110(97)84-51-54-94-100(70-84)111(96-58-50-80(105(3,4)5)67-89(96)74-33-21-15-22-34-74)101-64-79(78-61-81(106(6,7)8)66-82(62-78)107(9,10)11)65-102-103(101)109(94)95-63-77(73-47-52-88(53-48-73)113(85-39-27-18-28-40-85,86-41-29-19-30-42-86)87-43-31-20-32-44-87)49-57-99(95)112(102)104-90(75-35-23-16-24-36-75)68-83(108(12,13)14)69-91(104)76-37-25-17-26-38-76/h15-70H,1-14H3/i1D3,2D3. The number of nitrogens with zero attached hydrogens (tertiary/aromatic N) is 3. The summed E-state index contributed by atoms with van der Waals surface area (Å²) in [6.45, 7) is 22.5. The lowest BCUT2D eigenvalue weighted by Gasteiger charge is -2.46. The molecule has 18 rings (SSSR count). The quantitative estimate of drug-likeness (QED) is 0.0892. The highest BCUT2D eigenvalue weighted by Gasteiger charge is 2.47. The van der Waals surface area contributed by atoms with E-state index in [1.54, 1.807) is 24.3 Å². The summed E-state index contributed by atoms with van der Waals surface area (Å²) in [5, 5.41) is 6.53. The summed E-state index contributed by atoms with van der Waals surface area (Å²) in [6.07, 6.45) is 0. The van der Waals surface area contributed by atoms with Crippen LogP contribution >= 0.6 is 0 Å². The van der Waals surface area contributed by atoms with Crippen LogP contribution in [0.15, 0.2) is 340 Å². The topological polar surface area (TPSA) is 11.4 Å². The lowest BCUT2D eigenvalue weighted by atomic mass is 9.33. The van der Waals surface area contributed by atoms with Crippen molar-refractivity contribution in [1.82, 2.24) is 4.57 Å². The molecule has 2 aliphatic rings. The molecule has 5 heteroatoms. The third-order valence-corrected chi connectivity index (χ3v) is 28.7. The molecule has 1 aromatic heterocycles. The number of anilines is 6. The van der Waals surface area contributed by atoms with Crippen molar-refractivity contribution < 1.29 is 8.22 Å². The first-order valence-corrected chi connectivity index (χ1v) is 41.9. The van der Waals surface area contributed by atoms with Crippen LogP contribution in [-0.4, -0.2) is 19.4 Å². The number of aromatic nitrogens is 1. The molecule has 0 spiro atoms. The van der Waals surface area contributed by atoms with E-state index >= 15 is 0 Å². The first kappa shape index (κ1) is 65.7. The van der Waals surface area contributed by atoms with Gasteiger partial charge in [0.15, 0.2) is 8.07 Å². The van der Waals surface area contributed by atoms with Gasteiger partial charge in [-0.25, -0.2) is 0 Å². The van der Waals surface area contributed by atoms with Crippen molar-refractivity contribution in [3.8, 4) is 61.3 Å². The highest BCUT2D eigenvalue weighted by Crippen LogP contribution is 2.54. The fourth-order valence-corrected chi connectivity index (χ4v) is 22.7. The van der Waals surface area contributed by atoms with Gasteiger partial charge < -0.3 is 14.4 Å². The number of hydrogen-bond donors (Lipinski definition) is 0. The molecule has 0 saturated carbocycles. The van der Waals surface area contributed by atoms with E-state index in [2.05, 4.69) is 401 Å². The third-order valence-electron chi connectivity index (χ3n) is 23.9. The molecule has 552 valence electrons. The van der Waals surface area contributed by atoms with Crippen molar-refractivity contribution in [3.63, 3.8) is 0 Å². The normalized spacial score (nSPS) is 14.0. The molecule has 0 radical (unpaired) electrons. The number of aryl methyl sites for hydroxylation is 2. The molecule has 2 aliphatic heterocycles. The van der Waals surface area contributed by atoms with Crippen LogP contribution in [0.2, 0.25) is 0 Å². The predicted molar refractivity (Wildman–Crippen MR) is 490 cm³/mol. The van der Waals surface area contributed by atoms with Crippen LogP contribution in [0, 0.1) is 13.7 Å². The third kappa shape index (κ3) is 12.7. The van der Waals surface area contributed by atoms with Crippen molar-refractivity contribution in [1.29, 1.82) is 0 Å². The number of fused-ring (bicyclic) bond motifs is 7. The van der Waals surface area contributed by atoms with Crippen LogP contribution < -0.4 is 46.9 Å². The van der Waals surface area contributed by atoms with Crippen molar-refractivity contribution in [3.05, 3.63) is 373 Å². The second kappa shape index (κ2) is 27.7. The molecule has 0 N–H and O–H groups in total. The molecule has 0 aliphatic carbocycles. The fourth-order valence-electron chi connectivity index (χ4n) is 17.9. The van der Waals surface area contributed by atoms with E-state index in [0.717, 1.165) is 123 Å². The molecular formula is C108H98BN3Si. The SMILES string of the molecule is [2H]C([2H])([2H])c1ccc2c(c1)c1cc(C([2H])([2H])[2H])ccc1n2-c1ccc2c(c1)N(c1ccc(C(C)(C)C)cc1-c1ccccc1)c1cc(-c3cc(C(C)(C)C)cc(C(C)(C)C)c3)cc3c1B2c1cc(-c2ccc([Si](c4ccccc4)(c4ccccc4)c4ccccc4)cc2)ccc1N3c1c(-c2ccccc2)cc(C(C)(C)C)cc1-c1ccccc1. The summed E-state index contributed by atoms with van der Waals surface area (Å²) in [4.78, 5) is 5.23. The van der Waals surface area contributed by atoms with Gasteiger partial charge in [0, 0.05) is 64.1 Å². The van der Waals surface area contributed by atoms with E-state index in [9.17, 15) is 0 Å². The Morgan fingerprint density at radius 3 is 1.17 bits per heavy atom. The Balaban J connectivity index is 1.00. The van der Waals surface area contributed by atoms with E-state index < -0.39 is 28.5 Å². The highest BCUT2D eigenvalue weighted by molar-refractivity contribution is 7.20. The van der Waals surface area contributed by atoms with Crippen molar-refractivity contribution in [2.24, 2.45) is 0 Å². The van der Waals surface area contributed by atoms with E-state index in [1.165, 1.54) is 43.0 Å². The van der Waals surface area contributed by atoms with Gasteiger partial charge >= 0.3 is 0 Å². The van der Waals surface area contributed by atoms with Gasteiger partial charge in [0.25, 0.3) is 6.71 Å². The highest BCUT2D eigenvalue weighted by atomic mass is 28.3. The molecule has 3 nitrogen and oxygen atoms in total. The van der Waals surface area contributed by atoms with Crippen molar-refractivity contribution in [2.45, 2.75) is 118 Å². The Morgan fingerprint density at radius 1 is 0.274 bits per heavy atom. The molecule has 0 saturated heterocycles. The smallest absolute Gasteiger partial charge is 0.252 e. The van der Waals surface area contributed by atoms with Gasteiger partial charge in [0.2, 0.25) is 0 Å². The van der Waals surface area contributed by atoms with Crippen LogP contribution in [0.1, 0.15) is 125 Å². The van der Waals surface area contributed by atoms with Gasteiger partial charge in [-0.1, -0.05) is 355 Å². The predicted octanol–water partition coefficient (Wildman–Crippen LogP) is 24.4. The van der Waals surface area contributed by atoms with Gasteiger partial charge in [0.1, 0.15) is 0 Å². The van der Waals surface area contributed by atoms with E-state index in [0.29, 0.717) is 10.8 Å². The molecule has 3 heterocycles. The summed E-state index contributed by atoms with van der Waals surface area (Å²) in [7, 11) is -2.93. The average Bonchev–Trinajstić information content (AvgIpc) is 1.04. The Morgan fingerprint density at radius 2 is 0.690 bits per heavy atom. The van der Waals surface area contributed by atoms with E-state index in [4.69, 9.17) is 8.22 Å². The Labute approximate surface area is 679 Å². The summed E-state index contributed by atoms with van der Waals surface area (Å²) >= 11 is 0. The average molecular weight is 1480 g/mol. The Kier molecular flexibility index (Phi) is 16.1. The molecule has 0 fully saturated rings. The first-order chi connectivity index (χ1) is 56.8. The van der Waals surface area contributed by atoms with Gasteiger partial charge in [-0.05, 0) is 213 Å². The van der Waals surface area contributed by atoms with E-state index in [1.807, 2.05) is 12.1 Å². The van der Waals surface area contributed by atoms with Crippen LogP contribution in [-0.2, 0) is 21.7 Å². The maximum Gasteiger partial charge on any atom is 0.252 e. The number of hydrogen-bond acceptors (Lipinski definition) is 2. The van der Waals surface area contributed by atoms with Crippen molar-refractivity contribution in [2.75, 3.05) is 9.80 Å². The zero-order valence-electron chi connectivity index (χ0n) is 72.8. The lowest BCUT2D eigenvalue weighted by Crippen LogP contribution is -2.74. The molecule has 0 amide bonds. The zero-order valence-corrected chi connectivity index (χ0v) is 67.8. The van der Waals surface area contributed by atoms with Gasteiger partial charge in [0.05, 0.1) is 22.4 Å². The molecule has 113 heavy (non-hydrogen) atoms. The molecule has 16 aromatic rings. The minimum atomic E-state index is -2.93. The molecule has 0 bridgehead atoms.